The molecule has 2 aromatic rings. The second kappa shape index (κ2) is 7.97. The van der Waals surface area contributed by atoms with Gasteiger partial charge in [0.25, 0.3) is 5.91 Å². The van der Waals surface area contributed by atoms with Crippen LogP contribution in [0.5, 0.6) is 0 Å². The Morgan fingerprint density at radius 3 is 1.88 bits per heavy atom. The number of amides is 3. The minimum Gasteiger partial charge on any atom is -0.336 e. The fourth-order valence-electron chi connectivity index (χ4n) is 2.71. The van der Waals surface area contributed by atoms with Gasteiger partial charge < -0.3 is 20.4 Å². The summed E-state index contributed by atoms with van der Waals surface area (Å²) < 4.78 is 12.9. The highest BCUT2D eigenvalue weighted by Gasteiger charge is 2.20. The van der Waals surface area contributed by atoms with Gasteiger partial charge in [0.15, 0.2) is 0 Å². The number of carbonyl (C=O) groups excluding carboxylic acids is 2. The Hall–Kier alpha value is -2.93. The monoisotopic (exact) mass is 356 g/mol. The smallest absolute Gasteiger partial charge is 0.323 e. The lowest BCUT2D eigenvalue weighted by Gasteiger charge is -2.32. The number of carbonyl (C=O) groups is 2. The van der Waals surface area contributed by atoms with Crippen LogP contribution in [0.15, 0.2) is 48.5 Å². The van der Waals surface area contributed by atoms with Gasteiger partial charge in [-0.1, -0.05) is 0 Å². The van der Waals surface area contributed by atoms with E-state index >= 15 is 0 Å². The minimum absolute atomic E-state index is 0.000383. The van der Waals surface area contributed by atoms with E-state index in [4.69, 9.17) is 0 Å². The van der Waals surface area contributed by atoms with Gasteiger partial charge in [0.05, 0.1) is 0 Å². The predicted octanol–water partition coefficient (Wildman–Crippen LogP) is 2.86. The average molecular weight is 356 g/mol. The van der Waals surface area contributed by atoms with Gasteiger partial charge in [-0.15, -0.1) is 0 Å². The third kappa shape index (κ3) is 4.58. The molecule has 7 heteroatoms. The Bertz CT molecular complexity index is 769. The summed E-state index contributed by atoms with van der Waals surface area (Å²) in [7, 11) is 2.04. The molecule has 6 nitrogen and oxygen atoms in total. The predicted molar refractivity (Wildman–Crippen MR) is 98.9 cm³/mol. The van der Waals surface area contributed by atoms with E-state index in [0.29, 0.717) is 16.9 Å². The molecule has 3 amide bonds. The molecule has 3 rings (SSSR count). The molecule has 0 atom stereocenters. The number of benzene rings is 2. The summed E-state index contributed by atoms with van der Waals surface area (Å²) in [6.45, 7) is 3.18. The van der Waals surface area contributed by atoms with Crippen LogP contribution in [0.25, 0.3) is 0 Å². The highest BCUT2D eigenvalue weighted by atomic mass is 19.1. The number of nitrogens with zero attached hydrogens (tertiary/aromatic N) is 2. The summed E-state index contributed by atoms with van der Waals surface area (Å²) in [5, 5.41) is 5.30. The summed E-state index contributed by atoms with van der Waals surface area (Å²) in [4.78, 5) is 28.5. The Morgan fingerprint density at radius 2 is 1.35 bits per heavy atom. The molecule has 0 unspecified atom stereocenters. The van der Waals surface area contributed by atoms with E-state index in [1.165, 1.54) is 24.3 Å². The summed E-state index contributed by atoms with van der Waals surface area (Å²) in [5.41, 5.74) is 1.66. The quantitative estimate of drug-likeness (QED) is 0.889. The van der Waals surface area contributed by atoms with Crippen molar-refractivity contribution in [3.8, 4) is 0 Å². The summed E-state index contributed by atoms with van der Waals surface area (Å²) in [5.74, 6) is -0.364. The Morgan fingerprint density at radius 1 is 0.846 bits per heavy atom. The number of hydrogen-bond donors (Lipinski definition) is 2. The number of likely N-dealkylation sites (N-methyl/N-ethyl adjacent to an activating group) is 1. The lowest BCUT2D eigenvalue weighted by atomic mass is 10.1. The molecule has 0 aliphatic carbocycles. The van der Waals surface area contributed by atoms with E-state index in [0.717, 1.165) is 26.2 Å². The van der Waals surface area contributed by atoms with E-state index in [-0.39, 0.29) is 11.7 Å². The molecule has 26 heavy (non-hydrogen) atoms. The molecule has 1 saturated heterocycles. The number of urea groups is 1. The Labute approximate surface area is 151 Å². The van der Waals surface area contributed by atoms with Crippen LogP contribution in [0.4, 0.5) is 20.6 Å². The zero-order chi connectivity index (χ0) is 18.5. The maximum atomic E-state index is 12.9. The molecule has 2 N–H and O–H groups in total. The van der Waals surface area contributed by atoms with Gasteiger partial charge in [0, 0.05) is 43.1 Å². The fraction of sp³-hybridized carbons (Fsp3) is 0.263. The molecular formula is C19H21FN4O2. The highest BCUT2D eigenvalue weighted by molar-refractivity contribution is 6.00. The Balaban J connectivity index is 1.56. The van der Waals surface area contributed by atoms with Gasteiger partial charge in [-0.3, -0.25) is 4.79 Å². The van der Waals surface area contributed by atoms with Crippen molar-refractivity contribution < 1.29 is 14.0 Å². The number of nitrogens with one attached hydrogen (secondary N) is 2. The number of hydrogen-bond acceptors (Lipinski definition) is 3. The number of halogens is 1. The van der Waals surface area contributed by atoms with Crippen LogP contribution in [0.1, 0.15) is 10.4 Å². The van der Waals surface area contributed by atoms with Crippen molar-refractivity contribution in [1.82, 2.24) is 9.80 Å². The van der Waals surface area contributed by atoms with Crippen molar-refractivity contribution in [1.29, 1.82) is 0 Å². The van der Waals surface area contributed by atoms with Crippen LogP contribution in [0.3, 0.4) is 0 Å². The van der Waals surface area contributed by atoms with Crippen LogP contribution < -0.4 is 10.6 Å². The third-order valence-corrected chi connectivity index (χ3v) is 4.28. The SMILES string of the molecule is CN1CCN(C(=O)c2ccc(NC(=O)Nc3ccc(F)cc3)cc2)CC1. The normalized spacial score (nSPS) is 14.8. The second-order valence-electron chi connectivity index (χ2n) is 6.26. The maximum Gasteiger partial charge on any atom is 0.323 e. The summed E-state index contributed by atoms with van der Waals surface area (Å²) in [6.07, 6.45) is 0. The second-order valence-corrected chi connectivity index (χ2v) is 6.26. The number of piperazine rings is 1. The van der Waals surface area contributed by atoms with Crippen LogP contribution in [0.2, 0.25) is 0 Å². The van der Waals surface area contributed by atoms with Gasteiger partial charge in [-0.25, -0.2) is 9.18 Å². The standard InChI is InChI=1S/C19H21FN4O2/c1-23-10-12-24(13-11-23)18(25)14-2-6-16(7-3-14)21-19(26)22-17-8-4-15(20)5-9-17/h2-9H,10-13H2,1H3,(H2,21,22,26). The minimum atomic E-state index is -0.435. The summed E-state index contributed by atoms with van der Waals surface area (Å²) in [6, 6.07) is 11.8. The Kier molecular flexibility index (Phi) is 5.48. The number of anilines is 2. The van der Waals surface area contributed by atoms with E-state index in [9.17, 15) is 14.0 Å². The third-order valence-electron chi connectivity index (χ3n) is 4.28. The van der Waals surface area contributed by atoms with Gasteiger partial charge in [-0.2, -0.15) is 0 Å². The molecule has 1 aliphatic rings. The lowest BCUT2D eigenvalue weighted by molar-refractivity contribution is 0.0664. The lowest BCUT2D eigenvalue weighted by Crippen LogP contribution is -2.47. The first-order valence-corrected chi connectivity index (χ1v) is 8.43. The molecular weight excluding hydrogens is 335 g/mol. The molecule has 0 aromatic heterocycles. The molecule has 1 fully saturated rings. The zero-order valence-electron chi connectivity index (χ0n) is 14.5. The van der Waals surface area contributed by atoms with Crippen LogP contribution in [0, 0.1) is 5.82 Å². The molecule has 0 bridgehead atoms. The van der Waals surface area contributed by atoms with E-state index in [2.05, 4.69) is 15.5 Å². The topological polar surface area (TPSA) is 64.7 Å². The van der Waals surface area contributed by atoms with Crippen molar-refractivity contribution in [2.45, 2.75) is 0 Å². The van der Waals surface area contributed by atoms with Crippen LogP contribution >= 0.6 is 0 Å². The van der Waals surface area contributed by atoms with Crippen molar-refractivity contribution in [3.05, 3.63) is 59.9 Å². The van der Waals surface area contributed by atoms with Crippen molar-refractivity contribution in [2.75, 3.05) is 43.9 Å². The van der Waals surface area contributed by atoms with Gasteiger partial charge in [0.1, 0.15) is 5.82 Å². The molecule has 2 aromatic carbocycles. The van der Waals surface area contributed by atoms with E-state index in [1.807, 2.05) is 11.9 Å². The average Bonchev–Trinajstić information content (AvgIpc) is 2.64. The van der Waals surface area contributed by atoms with E-state index in [1.54, 1.807) is 24.3 Å². The molecule has 0 saturated carbocycles. The van der Waals surface area contributed by atoms with Gasteiger partial charge in [0.2, 0.25) is 0 Å². The van der Waals surface area contributed by atoms with E-state index < -0.39 is 6.03 Å². The first kappa shape index (κ1) is 17.9. The molecule has 1 aliphatic heterocycles. The van der Waals surface area contributed by atoms with Crippen LogP contribution in [-0.2, 0) is 0 Å². The largest absolute Gasteiger partial charge is 0.336 e. The van der Waals surface area contributed by atoms with Crippen molar-refractivity contribution in [3.63, 3.8) is 0 Å². The highest BCUT2D eigenvalue weighted by Crippen LogP contribution is 2.14. The number of rotatable bonds is 3. The maximum absolute atomic E-state index is 12.9. The fourth-order valence-corrected chi connectivity index (χ4v) is 2.71. The first-order valence-electron chi connectivity index (χ1n) is 8.43. The molecule has 136 valence electrons. The molecule has 0 radical (unpaired) electrons. The van der Waals surface area contributed by atoms with Crippen molar-refractivity contribution in [2.24, 2.45) is 0 Å². The summed E-state index contributed by atoms with van der Waals surface area (Å²) >= 11 is 0. The van der Waals surface area contributed by atoms with Gasteiger partial charge >= 0.3 is 6.03 Å². The van der Waals surface area contributed by atoms with Crippen LogP contribution in [-0.4, -0.2) is 55.0 Å². The van der Waals surface area contributed by atoms with Gasteiger partial charge in [-0.05, 0) is 55.6 Å². The molecule has 0 spiro atoms. The molecule has 1 heterocycles. The van der Waals surface area contributed by atoms with Crippen molar-refractivity contribution >= 4 is 23.3 Å². The first-order chi connectivity index (χ1) is 12.5. The zero-order valence-corrected chi connectivity index (χ0v) is 14.5.